The Bertz CT molecular complexity index is 581. The molecular formula is C11H11F3N6O. The predicted molar refractivity (Wildman–Crippen MR) is 66.7 cm³/mol. The van der Waals surface area contributed by atoms with Gasteiger partial charge in [-0.3, -0.25) is 4.79 Å². The highest BCUT2D eigenvalue weighted by atomic mass is 19.4. The van der Waals surface area contributed by atoms with Gasteiger partial charge in [0.2, 0.25) is 5.91 Å². The molecule has 21 heavy (non-hydrogen) atoms. The zero-order valence-electron chi connectivity index (χ0n) is 10.6. The molecule has 0 fully saturated rings. The quantitative estimate of drug-likeness (QED) is 0.851. The molecule has 0 radical (unpaired) electrons. The van der Waals surface area contributed by atoms with E-state index >= 15 is 0 Å². The first-order valence-corrected chi connectivity index (χ1v) is 5.85. The summed E-state index contributed by atoms with van der Waals surface area (Å²) < 4.78 is 37.1. The van der Waals surface area contributed by atoms with E-state index in [2.05, 4.69) is 20.8 Å². The van der Waals surface area contributed by atoms with E-state index in [0.29, 0.717) is 11.4 Å². The highest BCUT2D eigenvalue weighted by Crippen LogP contribution is 2.13. The van der Waals surface area contributed by atoms with Crippen LogP contribution in [0.1, 0.15) is 0 Å². The van der Waals surface area contributed by atoms with Crippen LogP contribution in [0.2, 0.25) is 0 Å². The fraction of sp³-hybridized carbons (Fsp3) is 0.273. The molecule has 112 valence electrons. The van der Waals surface area contributed by atoms with Crippen molar-refractivity contribution < 1.29 is 18.0 Å². The van der Waals surface area contributed by atoms with E-state index in [-0.39, 0.29) is 0 Å². The lowest BCUT2D eigenvalue weighted by atomic mass is 10.3. The van der Waals surface area contributed by atoms with E-state index in [1.165, 1.54) is 11.0 Å². The molecule has 2 aromatic rings. The second-order valence-corrected chi connectivity index (χ2v) is 4.07. The maximum Gasteiger partial charge on any atom is 0.401 e. The van der Waals surface area contributed by atoms with Crippen molar-refractivity contribution in [2.45, 2.75) is 6.18 Å². The van der Waals surface area contributed by atoms with Crippen LogP contribution in [-0.4, -0.2) is 45.4 Å². The molecule has 0 saturated heterocycles. The van der Waals surface area contributed by atoms with Crippen LogP contribution in [0.3, 0.4) is 0 Å². The molecule has 0 aliphatic carbocycles. The first-order chi connectivity index (χ1) is 9.94. The van der Waals surface area contributed by atoms with Crippen LogP contribution in [0.15, 0.2) is 30.6 Å². The molecule has 1 amide bonds. The molecule has 1 aromatic carbocycles. The molecule has 0 unspecified atom stereocenters. The third-order valence-corrected chi connectivity index (χ3v) is 2.38. The fourth-order valence-electron chi connectivity index (χ4n) is 1.50. The molecule has 1 aromatic heterocycles. The molecule has 0 saturated carbocycles. The summed E-state index contributed by atoms with van der Waals surface area (Å²) in [6, 6.07) is 6.52. The Balaban J connectivity index is 1.84. The fourth-order valence-corrected chi connectivity index (χ4v) is 1.50. The van der Waals surface area contributed by atoms with Gasteiger partial charge >= 0.3 is 6.18 Å². The van der Waals surface area contributed by atoms with Gasteiger partial charge in [-0.1, -0.05) is 0 Å². The van der Waals surface area contributed by atoms with Crippen molar-refractivity contribution in [2.24, 2.45) is 0 Å². The molecular weight excluding hydrogens is 289 g/mol. The summed E-state index contributed by atoms with van der Waals surface area (Å²) in [5, 5.41) is 15.1. The minimum Gasteiger partial charge on any atom is -0.325 e. The summed E-state index contributed by atoms with van der Waals surface area (Å²) in [5.41, 5.74) is 1.15. The van der Waals surface area contributed by atoms with E-state index in [0.717, 1.165) is 0 Å². The highest BCUT2D eigenvalue weighted by Gasteiger charge is 2.26. The zero-order valence-corrected chi connectivity index (χ0v) is 10.6. The number of hydrogen-bond acceptors (Lipinski definition) is 5. The van der Waals surface area contributed by atoms with Gasteiger partial charge in [-0.05, 0) is 34.7 Å². The first-order valence-electron chi connectivity index (χ1n) is 5.85. The van der Waals surface area contributed by atoms with Crippen LogP contribution in [0.4, 0.5) is 18.9 Å². The monoisotopic (exact) mass is 300 g/mol. The number of benzene rings is 1. The Kier molecular flexibility index (Phi) is 4.48. The number of nitrogens with one attached hydrogen (secondary N) is 2. The third kappa shape index (κ3) is 4.84. The average molecular weight is 300 g/mol. The van der Waals surface area contributed by atoms with E-state index < -0.39 is 25.2 Å². The number of alkyl halides is 3. The topological polar surface area (TPSA) is 84.7 Å². The summed E-state index contributed by atoms with van der Waals surface area (Å²) in [5.74, 6) is -0.561. The number of anilines is 1. The zero-order chi connectivity index (χ0) is 15.3. The van der Waals surface area contributed by atoms with E-state index in [1.54, 1.807) is 24.3 Å². The van der Waals surface area contributed by atoms with Gasteiger partial charge in [0.05, 0.1) is 18.8 Å². The molecule has 10 heteroatoms. The Labute approximate surface area is 117 Å². The van der Waals surface area contributed by atoms with Gasteiger partial charge in [0.1, 0.15) is 6.33 Å². The second kappa shape index (κ2) is 6.31. The van der Waals surface area contributed by atoms with Gasteiger partial charge in [0, 0.05) is 5.69 Å². The van der Waals surface area contributed by atoms with Crippen molar-refractivity contribution in [3.05, 3.63) is 30.6 Å². The first kappa shape index (κ1) is 14.9. The number of aromatic nitrogens is 4. The number of nitrogens with zero attached hydrogens (tertiary/aromatic N) is 4. The molecule has 1 heterocycles. The number of hydrogen-bond donors (Lipinski definition) is 2. The normalized spacial score (nSPS) is 11.4. The lowest BCUT2D eigenvalue weighted by Gasteiger charge is -2.09. The SMILES string of the molecule is O=C(CNCC(F)(F)F)Nc1ccc(-n2cnnn2)cc1. The molecule has 2 N–H and O–H groups in total. The van der Waals surface area contributed by atoms with Gasteiger partial charge in [-0.15, -0.1) is 5.10 Å². The number of tetrazole rings is 1. The number of rotatable bonds is 5. The van der Waals surface area contributed by atoms with Gasteiger partial charge in [0.25, 0.3) is 0 Å². The summed E-state index contributed by atoms with van der Waals surface area (Å²) in [6.07, 6.45) is -2.93. The van der Waals surface area contributed by atoms with Gasteiger partial charge in [0.15, 0.2) is 0 Å². The number of carbonyl (C=O) groups excluding carboxylic acids is 1. The van der Waals surface area contributed by atoms with Crippen LogP contribution in [0, 0.1) is 0 Å². The van der Waals surface area contributed by atoms with Crippen molar-refractivity contribution in [3.63, 3.8) is 0 Å². The highest BCUT2D eigenvalue weighted by molar-refractivity contribution is 5.92. The average Bonchev–Trinajstić information content (AvgIpc) is 2.92. The van der Waals surface area contributed by atoms with Crippen LogP contribution in [-0.2, 0) is 4.79 Å². The Morgan fingerprint density at radius 2 is 1.95 bits per heavy atom. The Morgan fingerprint density at radius 1 is 1.24 bits per heavy atom. The Hall–Kier alpha value is -2.49. The van der Waals surface area contributed by atoms with Crippen LogP contribution in [0.5, 0.6) is 0 Å². The summed E-state index contributed by atoms with van der Waals surface area (Å²) in [7, 11) is 0. The maximum absolute atomic E-state index is 11.9. The maximum atomic E-state index is 11.9. The lowest BCUT2D eigenvalue weighted by Crippen LogP contribution is -2.35. The second-order valence-electron chi connectivity index (χ2n) is 4.07. The number of carbonyl (C=O) groups is 1. The van der Waals surface area contributed by atoms with E-state index in [4.69, 9.17) is 0 Å². The van der Waals surface area contributed by atoms with E-state index in [9.17, 15) is 18.0 Å². The molecule has 2 rings (SSSR count). The van der Waals surface area contributed by atoms with Gasteiger partial charge in [-0.25, -0.2) is 4.68 Å². The Morgan fingerprint density at radius 3 is 2.52 bits per heavy atom. The molecule has 0 bridgehead atoms. The van der Waals surface area contributed by atoms with Crippen molar-refractivity contribution in [1.82, 2.24) is 25.5 Å². The smallest absolute Gasteiger partial charge is 0.325 e. The lowest BCUT2D eigenvalue weighted by molar-refractivity contribution is -0.126. The summed E-state index contributed by atoms with van der Waals surface area (Å²) in [6.45, 7) is -1.63. The number of amides is 1. The van der Waals surface area contributed by atoms with Crippen molar-refractivity contribution in [2.75, 3.05) is 18.4 Å². The molecule has 0 spiro atoms. The molecule has 0 atom stereocenters. The number of halogens is 3. The van der Waals surface area contributed by atoms with Crippen LogP contribution >= 0.6 is 0 Å². The van der Waals surface area contributed by atoms with E-state index in [1.807, 2.05) is 5.32 Å². The minimum atomic E-state index is -4.34. The standard InChI is InChI=1S/C11H11F3N6O/c12-11(13,14)6-15-5-10(21)17-8-1-3-9(4-2-8)20-7-16-18-19-20/h1-4,7,15H,5-6H2,(H,17,21). The van der Waals surface area contributed by atoms with Gasteiger partial charge in [-0.2, -0.15) is 13.2 Å². The molecule has 0 aliphatic heterocycles. The van der Waals surface area contributed by atoms with Crippen molar-refractivity contribution in [3.8, 4) is 5.69 Å². The third-order valence-electron chi connectivity index (χ3n) is 2.38. The largest absolute Gasteiger partial charge is 0.401 e. The van der Waals surface area contributed by atoms with Crippen LogP contribution in [0.25, 0.3) is 5.69 Å². The predicted octanol–water partition coefficient (Wildman–Crippen LogP) is 0.753. The molecule has 7 nitrogen and oxygen atoms in total. The van der Waals surface area contributed by atoms with Crippen LogP contribution < -0.4 is 10.6 Å². The van der Waals surface area contributed by atoms with Crippen molar-refractivity contribution in [1.29, 1.82) is 0 Å². The summed E-state index contributed by atoms with van der Waals surface area (Å²) in [4.78, 5) is 11.4. The van der Waals surface area contributed by atoms with Gasteiger partial charge < -0.3 is 10.6 Å². The molecule has 0 aliphatic rings. The summed E-state index contributed by atoms with van der Waals surface area (Å²) >= 11 is 0. The minimum absolute atomic E-state index is 0.422. The van der Waals surface area contributed by atoms with Crippen molar-refractivity contribution >= 4 is 11.6 Å².